The minimum atomic E-state index is -1.13. The zero-order valence-electron chi connectivity index (χ0n) is 16.7. The van der Waals surface area contributed by atoms with Gasteiger partial charge in [0, 0.05) is 5.56 Å². The maximum absolute atomic E-state index is 12.9. The fourth-order valence-electron chi connectivity index (χ4n) is 5.06. The Hall–Kier alpha value is -3.74. The maximum atomic E-state index is 12.9. The smallest absolute Gasteiger partial charge is 0.337 e. The molecule has 1 heterocycles. The van der Waals surface area contributed by atoms with Gasteiger partial charge >= 0.3 is 5.97 Å². The van der Waals surface area contributed by atoms with Gasteiger partial charge in [-0.05, 0) is 67.1 Å². The van der Waals surface area contributed by atoms with E-state index in [2.05, 4.69) is 5.32 Å². The molecule has 7 heteroatoms. The molecule has 3 amide bonds. The van der Waals surface area contributed by atoms with Crippen LogP contribution in [0.5, 0.6) is 0 Å². The van der Waals surface area contributed by atoms with E-state index in [4.69, 9.17) is 0 Å². The molecule has 0 radical (unpaired) electrons. The fourth-order valence-corrected chi connectivity index (χ4v) is 5.06. The van der Waals surface area contributed by atoms with Gasteiger partial charge in [0.1, 0.15) is 0 Å². The van der Waals surface area contributed by atoms with E-state index in [0.29, 0.717) is 11.3 Å². The van der Waals surface area contributed by atoms with Gasteiger partial charge in [-0.2, -0.15) is 0 Å². The van der Waals surface area contributed by atoms with Gasteiger partial charge in [0.15, 0.2) is 0 Å². The minimum absolute atomic E-state index is 0.00129. The van der Waals surface area contributed by atoms with Crippen LogP contribution >= 0.6 is 0 Å². The number of imide groups is 1. The van der Waals surface area contributed by atoms with E-state index >= 15 is 0 Å². The Morgan fingerprint density at radius 3 is 2.16 bits per heavy atom. The molecule has 0 unspecified atom stereocenters. The number of nitrogens with zero attached hydrogens (tertiary/aromatic N) is 1. The number of aryl methyl sites for hydroxylation is 1. The average molecular weight is 416 g/mol. The number of carbonyl (C=O) groups excluding carboxylic acids is 3. The minimum Gasteiger partial charge on any atom is -0.478 e. The van der Waals surface area contributed by atoms with E-state index in [1.807, 2.05) is 12.2 Å². The topological polar surface area (TPSA) is 104 Å². The zero-order chi connectivity index (χ0) is 21.9. The molecule has 2 aliphatic carbocycles. The molecule has 1 saturated heterocycles. The third kappa shape index (κ3) is 2.96. The van der Waals surface area contributed by atoms with E-state index in [1.54, 1.807) is 31.2 Å². The summed E-state index contributed by atoms with van der Waals surface area (Å²) in [6.45, 7) is 1.80. The summed E-state index contributed by atoms with van der Waals surface area (Å²) in [7, 11) is 0. The second-order valence-corrected chi connectivity index (χ2v) is 8.37. The van der Waals surface area contributed by atoms with Gasteiger partial charge in [0.2, 0.25) is 11.8 Å². The number of aromatic carboxylic acids is 1. The third-order valence-electron chi connectivity index (χ3n) is 6.51. The van der Waals surface area contributed by atoms with Crippen molar-refractivity contribution in [3.63, 3.8) is 0 Å². The lowest BCUT2D eigenvalue weighted by Crippen LogP contribution is -2.32. The Balaban J connectivity index is 1.36. The number of benzene rings is 2. The molecule has 0 aromatic heterocycles. The molecule has 2 bridgehead atoms. The Kier molecular flexibility index (Phi) is 4.28. The number of carboxylic acid groups (broad SMARTS) is 1. The van der Waals surface area contributed by atoms with Crippen molar-refractivity contribution in [2.75, 3.05) is 10.2 Å². The summed E-state index contributed by atoms with van der Waals surface area (Å²) < 4.78 is 0. The maximum Gasteiger partial charge on any atom is 0.337 e. The molecule has 1 saturated carbocycles. The number of hydrogen-bond acceptors (Lipinski definition) is 4. The number of hydrogen-bond donors (Lipinski definition) is 2. The van der Waals surface area contributed by atoms with Crippen LogP contribution in [0.2, 0.25) is 0 Å². The first-order valence-electron chi connectivity index (χ1n) is 10.2. The first-order valence-corrected chi connectivity index (χ1v) is 10.2. The molecule has 4 atom stereocenters. The number of carboxylic acids is 1. The monoisotopic (exact) mass is 416 g/mol. The van der Waals surface area contributed by atoms with E-state index in [9.17, 15) is 24.3 Å². The normalized spacial score (nSPS) is 25.8. The Morgan fingerprint density at radius 2 is 1.58 bits per heavy atom. The summed E-state index contributed by atoms with van der Waals surface area (Å²) in [6, 6.07) is 10.9. The lowest BCUT2D eigenvalue weighted by atomic mass is 9.85. The summed E-state index contributed by atoms with van der Waals surface area (Å²) in [5, 5.41) is 12.0. The highest BCUT2D eigenvalue weighted by Crippen LogP contribution is 2.53. The quantitative estimate of drug-likeness (QED) is 0.588. The van der Waals surface area contributed by atoms with Crippen molar-refractivity contribution in [3.05, 3.63) is 71.3 Å². The molecule has 2 N–H and O–H groups in total. The van der Waals surface area contributed by atoms with Crippen LogP contribution in [-0.4, -0.2) is 28.8 Å². The van der Waals surface area contributed by atoms with Gasteiger partial charge in [0.05, 0.1) is 28.8 Å². The van der Waals surface area contributed by atoms with Crippen LogP contribution in [0.3, 0.4) is 0 Å². The Bertz CT molecular complexity index is 1140. The van der Waals surface area contributed by atoms with Crippen LogP contribution in [0, 0.1) is 30.6 Å². The standard InChI is InChI=1S/C24H20N2O5/c1-12-2-9-17(24(30)31)18(10-12)25-21(27)13-5-7-16(8-6-13)26-22(28)19-14-3-4-15(11-14)20(19)23(26)29/h2-10,14-15,19-20H,11H2,1H3,(H,25,27)(H,30,31)/t14-,15-,19-,20-/m0/s1. The number of amides is 3. The molecule has 1 aliphatic heterocycles. The highest BCUT2D eigenvalue weighted by Gasteiger charge is 2.59. The third-order valence-corrected chi connectivity index (χ3v) is 6.51. The number of anilines is 2. The molecule has 5 rings (SSSR count). The predicted molar refractivity (Wildman–Crippen MR) is 113 cm³/mol. The van der Waals surface area contributed by atoms with Crippen LogP contribution in [0.1, 0.15) is 32.7 Å². The van der Waals surface area contributed by atoms with Crippen LogP contribution in [0.25, 0.3) is 0 Å². The molecule has 2 aromatic rings. The van der Waals surface area contributed by atoms with Crippen LogP contribution in [0.4, 0.5) is 11.4 Å². The number of carbonyl (C=O) groups is 4. The molecule has 31 heavy (non-hydrogen) atoms. The lowest BCUT2D eigenvalue weighted by Gasteiger charge is -2.17. The van der Waals surface area contributed by atoms with Crippen LogP contribution in [-0.2, 0) is 9.59 Å². The molecule has 2 fully saturated rings. The molecule has 7 nitrogen and oxygen atoms in total. The van der Waals surface area contributed by atoms with Gasteiger partial charge < -0.3 is 10.4 Å². The van der Waals surface area contributed by atoms with Crippen molar-refractivity contribution in [1.29, 1.82) is 0 Å². The fraction of sp³-hybridized carbons (Fsp3) is 0.250. The highest BCUT2D eigenvalue weighted by molar-refractivity contribution is 6.23. The SMILES string of the molecule is Cc1ccc(C(=O)O)c(NC(=O)c2ccc(N3C(=O)[C@@H]4[C@@H](C3=O)[C@H]3C=C[C@H]4C3)cc2)c1. The van der Waals surface area contributed by atoms with Crippen molar-refractivity contribution in [3.8, 4) is 0 Å². The summed E-state index contributed by atoms with van der Waals surface area (Å²) in [5.74, 6) is -2.23. The number of rotatable bonds is 4. The van der Waals surface area contributed by atoms with Crippen molar-refractivity contribution in [2.45, 2.75) is 13.3 Å². The molecule has 156 valence electrons. The van der Waals surface area contributed by atoms with Gasteiger partial charge in [-0.25, -0.2) is 4.79 Å². The van der Waals surface area contributed by atoms with Crippen molar-refractivity contribution in [2.24, 2.45) is 23.7 Å². The molecule has 2 aromatic carbocycles. The van der Waals surface area contributed by atoms with Crippen molar-refractivity contribution >= 4 is 35.1 Å². The second kappa shape index (κ2) is 6.91. The molecule has 0 spiro atoms. The first kappa shape index (κ1) is 19.2. The summed E-state index contributed by atoms with van der Waals surface area (Å²) in [5.41, 5.74) is 1.77. The number of nitrogens with one attached hydrogen (secondary N) is 1. The zero-order valence-corrected chi connectivity index (χ0v) is 16.7. The predicted octanol–water partition coefficient (Wildman–Crippen LogP) is 3.26. The average Bonchev–Trinajstić information content (AvgIpc) is 3.42. The van der Waals surface area contributed by atoms with Crippen LogP contribution in [0.15, 0.2) is 54.6 Å². The Labute approximate surface area is 178 Å². The summed E-state index contributed by atoms with van der Waals surface area (Å²) >= 11 is 0. The molecular weight excluding hydrogens is 396 g/mol. The number of fused-ring (bicyclic) bond motifs is 5. The summed E-state index contributed by atoms with van der Waals surface area (Å²) in [6.07, 6.45) is 4.96. The lowest BCUT2D eigenvalue weighted by molar-refractivity contribution is -0.123. The van der Waals surface area contributed by atoms with Crippen molar-refractivity contribution in [1.82, 2.24) is 0 Å². The molecular formula is C24H20N2O5. The van der Waals surface area contributed by atoms with Gasteiger partial charge in [-0.15, -0.1) is 0 Å². The summed E-state index contributed by atoms with van der Waals surface area (Å²) in [4.78, 5) is 51.1. The van der Waals surface area contributed by atoms with E-state index in [1.165, 1.54) is 23.1 Å². The number of allylic oxidation sites excluding steroid dienone is 2. The van der Waals surface area contributed by atoms with Crippen molar-refractivity contribution < 1.29 is 24.3 Å². The van der Waals surface area contributed by atoms with E-state index in [-0.39, 0.29) is 46.7 Å². The van der Waals surface area contributed by atoms with Gasteiger partial charge in [0.25, 0.3) is 5.91 Å². The largest absolute Gasteiger partial charge is 0.478 e. The Morgan fingerprint density at radius 1 is 0.968 bits per heavy atom. The van der Waals surface area contributed by atoms with Gasteiger partial charge in [-0.1, -0.05) is 18.2 Å². The van der Waals surface area contributed by atoms with Crippen LogP contribution < -0.4 is 10.2 Å². The van der Waals surface area contributed by atoms with E-state index < -0.39 is 11.9 Å². The highest BCUT2D eigenvalue weighted by atomic mass is 16.4. The first-order chi connectivity index (χ1) is 14.8. The second-order valence-electron chi connectivity index (χ2n) is 8.37. The van der Waals surface area contributed by atoms with Gasteiger partial charge in [-0.3, -0.25) is 19.3 Å². The van der Waals surface area contributed by atoms with E-state index in [0.717, 1.165) is 12.0 Å². The molecule has 3 aliphatic rings.